The van der Waals surface area contributed by atoms with E-state index in [1.165, 1.54) is 29.5 Å². The van der Waals surface area contributed by atoms with Gasteiger partial charge < -0.3 is 0 Å². The SMILES string of the molecule is O=C(C=Cc1ccccc1)Nc1nc2cc([N+](=O)[O-])ccc2s1. The summed E-state index contributed by atoms with van der Waals surface area (Å²) >= 11 is 1.27. The Bertz CT molecular complexity index is 903. The number of non-ortho nitro benzene ring substituents is 1. The van der Waals surface area contributed by atoms with Gasteiger partial charge in [0.15, 0.2) is 5.13 Å². The van der Waals surface area contributed by atoms with Crippen LogP contribution in [0.25, 0.3) is 16.3 Å². The van der Waals surface area contributed by atoms with E-state index in [4.69, 9.17) is 0 Å². The average molecular weight is 325 g/mol. The van der Waals surface area contributed by atoms with E-state index < -0.39 is 4.92 Å². The molecule has 23 heavy (non-hydrogen) atoms. The molecule has 1 N–H and O–H groups in total. The highest BCUT2D eigenvalue weighted by atomic mass is 32.1. The lowest BCUT2D eigenvalue weighted by atomic mass is 10.2. The predicted octanol–water partition coefficient (Wildman–Crippen LogP) is 3.86. The molecule has 3 aromatic rings. The van der Waals surface area contributed by atoms with Gasteiger partial charge in [0.25, 0.3) is 5.69 Å². The zero-order chi connectivity index (χ0) is 16.2. The highest BCUT2D eigenvalue weighted by Crippen LogP contribution is 2.28. The molecule has 0 atom stereocenters. The lowest BCUT2D eigenvalue weighted by Crippen LogP contribution is -2.07. The summed E-state index contributed by atoms with van der Waals surface area (Å²) in [6, 6.07) is 13.9. The van der Waals surface area contributed by atoms with Gasteiger partial charge in [0.05, 0.1) is 15.1 Å². The number of thiazole rings is 1. The third kappa shape index (κ3) is 3.58. The summed E-state index contributed by atoms with van der Waals surface area (Å²) in [4.78, 5) is 26.4. The van der Waals surface area contributed by atoms with Gasteiger partial charge in [0.1, 0.15) is 0 Å². The molecule has 7 heteroatoms. The summed E-state index contributed by atoms with van der Waals surface area (Å²) in [5.41, 5.74) is 1.39. The van der Waals surface area contributed by atoms with Gasteiger partial charge in [0, 0.05) is 18.2 Å². The number of benzene rings is 2. The number of aromatic nitrogens is 1. The van der Waals surface area contributed by atoms with Crippen LogP contribution in [0.2, 0.25) is 0 Å². The molecule has 114 valence electrons. The molecule has 3 rings (SSSR count). The Balaban J connectivity index is 1.74. The molecule has 0 aliphatic rings. The van der Waals surface area contributed by atoms with Crippen LogP contribution >= 0.6 is 11.3 Å². The highest BCUT2D eigenvalue weighted by molar-refractivity contribution is 7.22. The fourth-order valence-electron chi connectivity index (χ4n) is 1.97. The number of nitrogens with one attached hydrogen (secondary N) is 1. The summed E-state index contributed by atoms with van der Waals surface area (Å²) in [6.07, 6.45) is 3.12. The number of rotatable bonds is 4. The summed E-state index contributed by atoms with van der Waals surface area (Å²) in [7, 11) is 0. The van der Waals surface area contributed by atoms with Crippen LogP contribution in [0.3, 0.4) is 0 Å². The quantitative estimate of drug-likeness (QED) is 0.448. The van der Waals surface area contributed by atoms with Gasteiger partial charge in [-0.25, -0.2) is 4.98 Å². The maximum atomic E-state index is 11.9. The first-order valence-corrected chi connectivity index (χ1v) is 7.52. The van der Waals surface area contributed by atoms with Crippen LogP contribution in [0.5, 0.6) is 0 Å². The Kier molecular flexibility index (Phi) is 4.11. The predicted molar refractivity (Wildman–Crippen MR) is 90.4 cm³/mol. The lowest BCUT2D eigenvalue weighted by molar-refractivity contribution is -0.384. The second kappa shape index (κ2) is 6.37. The molecule has 0 saturated heterocycles. The first kappa shape index (κ1) is 14.9. The van der Waals surface area contributed by atoms with Crippen molar-refractivity contribution in [3.63, 3.8) is 0 Å². The molecule has 1 aromatic heterocycles. The summed E-state index contributed by atoms with van der Waals surface area (Å²) < 4.78 is 0.776. The van der Waals surface area contributed by atoms with Gasteiger partial charge in [-0.2, -0.15) is 0 Å². The van der Waals surface area contributed by atoms with Crippen LogP contribution in [0.1, 0.15) is 5.56 Å². The monoisotopic (exact) mass is 325 g/mol. The van der Waals surface area contributed by atoms with E-state index in [2.05, 4.69) is 10.3 Å². The third-order valence-electron chi connectivity index (χ3n) is 3.04. The maximum Gasteiger partial charge on any atom is 0.271 e. The molecule has 6 nitrogen and oxygen atoms in total. The van der Waals surface area contributed by atoms with E-state index in [9.17, 15) is 14.9 Å². The average Bonchev–Trinajstić information content (AvgIpc) is 2.95. The van der Waals surface area contributed by atoms with Crippen molar-refractivity contribution in [1.82, 2.24) is 4.98 Å². The highest BCUT2D eigenvalue weighted by Gasteiger charge is 2.11. The molecule has 1 heterocycles. The molecular formula is C16H11N3O3S. The summed E-state index contributed by atoms with van der Waals surface area (Å²) in [5, 5.41) is 13.8. The first-order valence-electron chi connectivity index (χ1n) is 6.71. The van der Waals surface area contributed by atoms with E-state index in [0.717, 1.165) is 10.3 Å². The van der Waals surface area contributed by atoms with E-state index in [1.807, 2.05) is 30.3 Å². The minimum atomic E-state index is -0.473. The number of fused-ring (bicyclic) bond motifs is 1. The van der Waals surface area contributed by atoms with Gasteiger partial charge in [-0.05, 0) is 17.7 Å². The second-order valence-electron chi connectivity index (χ2n) is 4.66. The Hall–Kier alpha value is -3.06. The lowest BCUT2D eigenvalue weighted by Gasteiger charge is -1.95. The number of carbonyl (C=O) groups excluding carboxylic acids is 1. The molecule has 0 unspecified atom stereocenters. The molecular weight excluding hydrogens is 314 g/mol. The largest absolute Gasteiger partial charge is 0.298 e. The fourth-order valence-corrected chi connectivity index (χ4v) is 2.82. The minimum absolute atomic E-state index is 0.0235. The zero-order valence-electron chi connectivity index (χ0n) is 11.8. The summed E-state index contributed by atoms with van der Waals surface area (Å²) in [6.45, 7) is 0. The molecule has 2 aromatic carbocycles. The van der Waals surface area contributed by atoms with Crippen LogP contribution < -0.4 is 5.32 Å². The fraction of sp³-hybridized carbons (Fsp3) is 0. The van der Waals surface area contributed by atoms with Crippen molar-refractivity contribution in [2.24, 2.45) is 0 Å². The van der Waals surface area contributed by atoms with Crippen molar-refractivity contribution in [1.29, 1.82) is 0 Å². The maximum absolute atomic E-state index is 11.9. The van der Waals surface area contributed by atoms with Crippen LogP contribution in [-0.2, 0) is 4.79 Å². The number of nitro groups is 1. The molecule has 0 spiro atoms. The molecule has 0 aliphatic heterocycles. The molecule has 0 radical (unpaired) electrons. The van der Waals surface area contributed by atoms with E-state index in [1.54, 1.807) is 12.1 Å². The smallest absolute Gasteiger partial charge is 0.271 e. The Morgan fingerprint density at radius 2 is 2.00 bits per heavy atom. The Morgan fingerprint density at radius 1 is 1.22 bits per heavy atom. The zero-order valence-corrected chi connectivity index (χ0v) is 12.6. The number of anilines is 1. The van der Waals surface area contributed by atoms with Gasteiger partial charge in [-0.15, -0.1) is 0 Å². The molecule has 1 amide bonds. The Labute approximate surface area is 135 Å². The van der Waals surface area contributed by atoms with Crippen molar-refractivity contribution in [3.8, 4) is 0 Å². The van der Waals surface area contributed by atoms with Crippen LogP contribution in [0.15, 0.2) is 54.6 Å². The van der Waals surface area contributed by atoms with E-state index >= 15 is 0 Å². The topological polar surface area (TPSA) is 85.1 Å². The number of nitrogens with zero attached hydrogens (tertiary/aromatic N) is 2. The number of hydrogen-bond donors (Lipinski definition) is 1. The Morgan fingerprint density at radius 3 is 2.74 bits per heavy atom. The third-order valence-corrected chi connectivity index (χ3v) is 3.99. The normalized spacial score (nSPS) is 11.0. The minimum Gasteiger partial charge on any atom is -0.298 e. The van der Waals surface area contributed by atoms with Gasteiger partial charge in [-0.3, -0.25) is 20.2 Å². The van der Waals surface area contributed by atoms with Crippen LogP contribution in [-0.4, -0.2) is 15.8 Å². The van der Waals surface area contributed by atoms with E-state index in [-0.39, 0.29) is 11.6 Å². The number of amides is 1. The van der Waals surface area contributed by atoms with E-state index in [0.29, 0.717) is 10.6 Å². The molecule has 0 saturated carbocycles. The van der Waals surface area contributed by atoms with Crippen molar-refractivity contribution in [2.75, 3.05) is 5.32 Å². The molecule has 0 aliphatic carbocycles. The first-order chi connectivity index (χ1) is 11.1. The van der Waals surface area contributed by atoms with Gasteiger partial charge in [-0.1, -0.05) is 41.7 Å². The van der Waals surface area contributed by atoms with Crippen molar-refractivity contribution in [2.45, 2.75) is 0 Å². The van der Waals surface area contributed by atoms with Crippen molar-refractivity contribution in [3.05, 3.63) is 70.3 Å². The standard InChI is InChI=1S/C16H11N3O3S/c20-15(9-6-11-4-2-1-3-5-11)18-16-17-13-10-12(19(21)22)7-8-14(13)23-16/h1-10H,(H,17,18,20). The number of nitro benzene ring substituents is 1. The van der Waals surface area contributed by atoms with Crippen LogP contribution in [0.4, 0.5) is 10.8 Å². The van der Waals surface area contributed by atoms with Crippen molar-refractivity contribution < 1.29 is 9.72 Å². The van der Waals surface area contributed by atoms with Gasteiger partial charge >= 0.3 is 0 Å². The molecule has 0 bridgehead atoms. The summed E-state index contributed by atoms with van der Waals surface area (Å²) in [5.74, 6) is -0.303. The number of hydrogen-bond acceptors (Lipinski definition) is 5. The number of carbonyl (C=O) groups is 1. The van der Waals surface area contributed by atoms with Gasteiger partial charge in [0.2, 0.25) is 5.91 Å². The second-order valence-corrected chi connectivity index (χ2v) is 5.69. The van der Waals surface area contributed by atoms with Crippen molar-refractivity contribution >= 4 is 44.4 Å². The van der Waals surface area contributed by atoms with Crippen LogP contribution in [0, 0.1) is 10.1 Å². The molecule has 0 fully saturated rings.